The van der Waals surface area contributed by atoms with Crippen molar-refractivity contribution in [3.8, 4) is 0 Å². The molecule has 2 nitrogen and oxygen atoms in total. The van der Waals surface area contributed by atoms with Crippen LogP contribution in [0, 0.1) is 6.92 Å². The molecule has 0 aliphatic rings. The van der Waals surface area contributed by atoms with Crippen LogP contribution < -0.4 is 0 Å². The molecule has 1 unspecified atom stereocenters. The van der Waals surface area contributed by atoms with Crippen LogP contribution in [0.4, 0.5) is 0 Å². The number of hydrogen-bond donors (Lipinski definition) is 1. The third kappa shape index (κ3) is 2.21. The molecule has 0 fully saturated rings. The number of aromatic nitrogens is 1. The molecule has 0 amide bonds. The van der Waals surface area contributed by atoms with Gasteiger partial charge in [-0.25, -0.2) is 4.98 Å². The number of nitrogens with zero attached hydrogens (tertiary/aromatic N) is 1. The fourth-order valence-corrected chi connectivity index (χ4v) is 2.76. The van der Waals surface area contributed by atoms with Crippen LogP contribution >= 0.6 is 23.1 Å². The van der Waals surface area contributed by atoms with Gasteiger partial charge in [0.1, 0.15) is 5.01 Å². The van der Waals surface area contributed by atoms with E-state index in [0.717, 1.165) is 21.3 Å². The van der Waals surface area contributed by atoms with Gasteiger partial charge in [0, 0.05) is 10.6 Å². The lowest BCUT2D eigenvalue weighted by atomic mass is 10.3. The SMILES string of the molecule is CSCc1nc(C(C)O)c(C)s1. The smallest absolute Gasteiger partial charge is 0.103 e. The Labute approximate surface area is 81.0 Å². The zero-order valence-corrected chi connectivity index (χ0v) is 9.13. The second-order valence-electron chi connectivity index (χ2n) is 2.66. The summed E-state index contributed by atoms with van der Waals surface area (Å²) in [5, 5.41) is 10.4. The molecule has 1 atom stereocenters. The highest BCUT2D eigenvalue weighted by molar-refractivity contribution is 7.97. The Hall–Kier alpha value is -0.0600. The van der Waals surface area contributed by atoms with Crippen molar-refractivity contribution in [2.75, 3.05) is 6.26 Å². The minimum Gasteiger partial charge on any atom is -0.387 e. The van der Waals surface area contributed by atoms with E-state index in [2.05, 4.69) is 11.2 Å². The van der Waals surface area contributed by atoms with Crippen LogP contribution in [0.1, 0.15) is 28.6 Å². The van der Waals surface area contributed by atoms with Crippen LogP contribution in [0.3, 0.4) is 0 Å². The Balaban J connectivity index is 2.85. The van der Waals surface area contributed by atoms with Crippen LogP contribution in [0.15, 0.2) is 0 Å². The first kappa shape index (κ1) is 10.0. The summed E-state index contributed by atoms with van der Waals surface area (Å²) in [5.41, 5.74) is 0.837. The molecule has 0 saturated carbocycles. The van der Waals surface area contributed by atoms with Gasteiger partial charge in [-0.3, -0.25) is 0 Å². The summed E-state index contributed by atoms with van der Waals surface area (Å²) in [6.07, 6.45) is 1.62. The maximum atomic E-state index is 9.32. The van der Waals surface area contributed by atoms with Crippen molar-refractivity contribution < 1.29 is 5.11 Å². The zero-order chi connectivity index (χ0) is 9.14. The predicted octanol–water partition coefficient (Wildman–Crippen LogP) is 2.37. The minimum atomic E-state index is -0.433. The maximum Gasteiger partial charge on any atom is 0.103 e. The van der Waals surface area contributed by atoms with Gasteiger partial charge in [-0.05, 0) is 20.1 Å². The van der Waals surface area contributed by atoms with E-state index >= 15 is 0 Å². The summed E-state index contributed by atoms with van der Waals surface area (Å²) < 4.78 is 0. The van der Waals surface area contributed by atoms with E-state index in [1.165, 1.54) is 0 Å². The van der Waals surface area contributed by atoms with Crippen molar-refractivity contribution >= 4 is 23.1 Å². The summed E-state index contributed by atoms with van der Waals surface area (Å²) in [5.74, 6) is 0.943. The lowest BCUT2D eigenvalue weighted by molar-refractivity contribution is 0.194. The van der Waals surface area contributed by atoms with Gasteiger partial charge >= 0.3 is 0 Å². The number of thiazole rings is 1. The average molecular weight is 203 g/mol. The molecule has 12 heavy (non-hydrogen) atoms. The first-order valence-electron chi connectivity index (χ1n) is 3.78. The molecule has 0 aromatic carbocycles. The Morgan fingerprint density at radius 3 is 2.75 bits per heavy atom. The second kappa shape index (κ2) is 4.25. The summed E-state index contributed by atoms with van der Waals surface area (Å²) >= 11 is 3.43. The molecule has 68 valence electrons. The van der Waals surface area contributed by atoms with Crippen molar-refractivity contribution in [2.45, 2.75) is 25.7 Å². The summed E-state index contributed by atoms with van der Waals surface area (Å²) in [4.78, 5) is 5.48. The Bertz CT molecular complexity index is 258. The van der Waals surface area contributed by atoms with Crippen molar-refractivity contribution in [1.29, 1.82) is 0 Å². The highest BCUT2D eigenvalue weighted by atomic mass is 32.2. The molecule has 1 N–H and O–H groups in total. The highest BCUT2D eigenvalue weighted by Gasteiger charge is 2.10. The van der Waals surface area contributed by atoms with Crippen LogP contribution in [0.2, 0.25) is 0 Å². The second-order valence-corrected chi connectivity index (χ2v) is 4.81. The lowest BCUT2D eigenvalue weighted by Crippen LogP contribution is -1.93. The molecular weight excluding hydrogens is 190 g/mol. The van der Waals surface area contributed by atoms with E-state index in [-0.39, 0.29) is 0 Å². The molecule has 0 spiro atoms. The first-order chi connectivity index (χ1) is 5.65. The molecular formula is C8H13NOS2. The van der Waals surface area contributed by atoms with E-state index in [1.54, 1.807) is 30.0 Å². The Morgan fingerprint density at radius 1 is 1.67 bits per heavy atom. The fourth-order valence-electron chi connectivity index (χ4n) is 1.04. The van der Waals surface area contributed by atoms with Crippen LogP contribution in [-0.2, 0) is 5.75 Å². The molecule has 0 aliphatic heterocycles. The predicted molar refractivity (Wildman–Crippen MR) is 54.7 cm³/mol. The number of hydrogen-bond acceptors (Lipinski definition) is 4. The van der Waals surface area contributed by atoms with E-state index in [0.29, 0.717) is 0 Å². The van der Waals surface area contributed by atoms with Crippen molar-refractivity contribution in [2.24, 2.45) is 0 Å². The van der Waals surface area contributed by atoms with E-state index in [4.69, 9.17) is 0 Å². The maximum absolute atomic E-state index is 9.32. The lowest BCUT2D eigenvalue weighted by Gasteiger charge is -1.98. The molecule has 1 aromatic heterocycles. The van der Waals surface area contributed by atoms with Gasteiger partial charge in [0.25, 0.3) is 0 Å². The highest BCUT2D eigenvalue weighted by Crippen LogP contribution is 2.24. The minimum absolute atomic E-state index is 0.433. The van der Waals surface area contributed by atoms with Gasteiger partial charge in [-0.2, -0.15) is 11.8 Å². The number of aliphatic hydroxyl groups excluding tert-OH is 1. The number of aliphatic hydroxyl groups is 1. The average Bonchev–Trinajstić information content (AvgIpc) is 2.32. The standard InChI is InChI=1S/C8H13NOS2/c1-5(10)8-6(2)12-7(9-8)4-11-3/h5,10H,4H2,1-3H3. The number of aryl methyl sites for hydroxylation is 1. The third-order valence-corrected chi connectivity index (χ3v) is 3.27. The van der Waals surface area contributed by atoms with Crippen molar-refractivity contribution in [3.05, 3.63) is 15.6 Å². The van der Waals surface area contributed by atoms with E-state index in [1.807, 2.05) is 6.92 Å². The van der Waals surface area contributed by atoms with E-state index < -0.39 is 6.10 Å². The van der Waals surface area contributed by atoms with E-state index in [9.17, 15) is 5.11 Å². The molecule has 0 saturated heterocycles. The largest absolute Gasteiger partial charge is 0.387 e. The molecule has 0 bridgehead atoms. The number of thioether (sulfide) groups is 1. The Kier molecular flexibility index (Phi) is 3.55. The summed E-state index contributed by atoms with van der Waals surface area (Å²) in [6, 6.07) is 0. The summed E-state index contributed by atoms with van der Waals surface area (Å²) in [7, 11) is 0. The van der Waals surface area contributed by atoms with Crippen LogP contribution in [0.5, 0.6) is 0 Å². The normalized spacial score (nSPS) is 13.3. The summed E-state index contributed by atoms with van der Waals surface area (Å²) in [6.45, 7) is 3.76. The van der Waals surface area contributed by atoms with Crippen LogP contribution in [0.25, 0.3) is 0 Å². The Morgan fingerprint density at radius 2 is 2.33 bits per heavy atom. The van der Waals surface area contributed by atoms with Gasteiger partial charge < -0.3 is 5.11 Å². The van der Waals surface area contributed by atoms with Crippen LogP contribution in [-0.4, -0.2) is 16.3 Å². The third-order valence-electron chi connectivity index (χ3n) is 1.54. The first-order valence-corrected chi connectivity index (χ1v) is 5.99. The molecule has 1 aromatic rings. The van der Waals surface area contributed by atoms with Crippen molar-refractivity contribution in [1.82, 2.24) is 4.98 Å². The van der Waals surface area contributed by atoms with Gasteiger partial charge in [0.2, 0.25) is 0 Å². The molecule has 1 heterocycles. The topological polar surface area (TPSA) is 33.1 Å². The fraction of sp³-hybridized carbons (Fsp3) is 0.625. The van der Waals surface area contributed by atoms with Gasteiger partial charge in [0.05, 0.1) is 11.8 Å². The quantitative estimate of drug-likeness (QED) is 0.818. The molecule has 0 radical (unpaired) electrons. The molecule has 0 aliphatic carbocycles. The van der Waals surface area contributed by atoms with Gasteiger partial charge in [-0.15, -0.1) is 11.3 Å². The monoisotopic (exact) mass is 203 g/mol. The van der Waals surface area contributed by atoms with Gasteiger partial charge in [0.15, 0.2) is 0 Å². The van der Waals surface area contributed by atoms with Crippen molar-refractivity contribution in [3.63, 3.8) is 0 Å². The van der Waals surface area contributed by atoms with Gasteiger partial charge in [-0.1, -0.05) is 0 Å². The zero-order valence-electron chi connectivity index (χ0n) is 7.50. The molecule has 4 heteroatoms. The number of rotatable bonds is 3. The molecule has 1 rings (SSSR count).